The molecule has 0 saturated carbocycles. The number of carbonyl (C=O) groups is 1. The van der Waals surface area contributed by atoms with Crippen LogP contribution in [0.25, 0.3) is 11.4 Å². The Balaban J connectivity index is 2.63. The number of aromatic amines is 1. The molecular formula is C13H12BrN3O3. The first-order valence-electron chi connectivity index (χ1n) is 5.76. The molecule has 7 heteroatoms. The van der Waals surface area contributed by atoms with Gasteiger partial charge in [-0.3, -0.25) is 9.59 Å². The summed E-state index contributed by atoms with van der Waals surface area (Å²) in [6.07, 6.45) is 0. The van der Waals surface area contributed by atoms with Crippen molar-refractivity contribution >= 4 is 21.8 Å². The molecule has 1 aromatic heterocycles. The molecule has 1 amide bonds. The van der Waals surface area contributed by atoms with E-state index in [1.807, 2.05) is 13.0 Å². The van der Waals surface area contributed by atoms with E-state index >= 15 is 0 Å². The van der Waals surface area contributed by atoms with Crippen LogP contribution in [0.4, 0.5) is 0 Å². The van der Waals surface area contributed by atoms with Crippen LogP contribution in [-0.4, -0.2) is 28.0 Å². The Hall–Kier alpha value is -2.15. The van der Waals surface area contributed by atoms with Crippen LogP contribution in [-0.2, 0) is 0 Å². The SMILES string of the molecule is CNC(=O)c1nc(-c2ccc(C)c(Br)c2)[nH]c(=O)c1O. The second-order valence-electron chi connectivity index (χ2n) is 4.15. The summed E-state index contributed by atoms with van der Waals surface area (Å²) in [6, 6.07) is 5.40. The first-order valence-corrected chi connectivity index (χ1v) is 6.55. The normalized spacial score (nSPS) is 10.3. The average molecular weight is 338 g/mol. The van der Waals surface area contributed by atoms with Gasteiger partial charge < -0.3 is 15.4 Å². The molecule has 1 aromatic carbocycles. The number of hydrogen-bond donors (Lipinski definition) is 3. The molecule has 2 rings (SSSR count). The molecule has 0 aliphatic carbocycles. The lowest BCUT2D eigenvalue weighted by molar-refractivity contribution is 0.0955. The predicted octanol–water partition coefficient (Wildman–Crippen LogP) is 1.57. The fraction of sp³-hybridized carbons (Fsp3) is 0.154. The minimum absolute atomic E-state index is 0.215. The Morgan fingerprint density at radius 1 is 1.45 bits per heavy atom. The number of aromatic hydroxyl groups is 1. The number of rotatable bonds is 2. The highest BCUT2D eigenvalue weighted by Gasteiger charge is 2.17. The van der Waals surface area contributed by atoms with Gasteiger partial charge in [0.15, 0.2) is 5.69 Å². The van der Waals surface area contributed by atoms with E-state index in [4.69, 9.17) is 0 Å². The predicted molar refractivity (Wildman–Crippen MR) is 77.8 cm³/mol. The number of nitrogens with zero attached hydrogens (tertiary/aromatic N) is 1. The van der Waals surface area contributed by atoms with Gasteiger partial charge in [-0.2, -0.15) is 0 Å². The number of carbonyl (C=O) groups excluding carboxylic acids is 1. The first kappa shape index (κ1) is 14.3. The zero-order valence-electron chi connectivity index (χ0n) is 10.8. The molecule has 6 nitrogen and oxygen atoms in total. The molecule has 1 heterocycles. The largest absolute Gasteiger partial charge is 0.501 e. The summed E-state index contributed by atoms with van der Waals surface area (Å²) in [5.74, 6) is -1.10. The van der Waals surface area contributed by atoms with E-state index in [-0.39, 0.29) is 11.5 Å². The molecule has 0 bridgehead atoms. The number of aromatic nitrogens is 2. The van der Waals surface area contributed by atoms with Crippen LogP contribution >= 0.6 is 15.9 Å². The van der Waals surface area contributed by atoms with Crippen molar-refractivity contribution in [3.63, 3.8) is 0 Å². The van der Waals surface area contributed by atoms with Crippen molar-refractivity contribution in [3.8, 4) is 17.1 Å². The molecular weight excluding hydrogens is 326 g/mol. The molecule has 104 valence electrons. The molecule has 20 heavy (non-hydrogen) atoms. The van der Waals surface area contributed by atoms with Gasteiger partial charge in [-0.05, 0) is 18.6 Å². The number of benzene rings is 1. The first-order chi connectivity index (χ1) is 9.43. The minimum atomic E-state index is -0.759. The van der Waals surface area contributed by atoms with Crippen molar-refractivity contribution in [3.05, 3.63) is 44.3 Å². The third-order valence-corrected chi connectivity index (χ3v) is 3.64. The lowest BCUT2D eigenvalue weighted by Crippen LogP contribution is -2.23. The minimum Gasteiger partial charge on any atom is -0.501 e. The van der Waals surface area contributed by atoms with Crippen molar-refractivity contribution in [2.45, 2.75) is 6.92 Å². The van der Waals surface area contributed by atoms with Crippen LogP contribution in [0.5, 0.6) is 5.75 Å². The third-order valence-electron chi connectivity index (χ3n) is 2.78. The van der Waals surface area contributed by atoms with E-state index in [2.05, 4.69) is 31.2 Å². The van der Waals surface area contributed by atoms with Crippen molar-refractivity contribution in [2.24, 2.45) is 0 Å². The fourth-order valence-corrected chi connectivity index (χ4v) is 2.00. The zero-order valence-corrected chi connectivity index (χ0v) is 12.4. The Morgan fingerprint density at radius 2 is 2.15 bits per heavy atom. The molecule has 0 unspecified atom stereocenters. The second-order valence-corrected chi connectivity index (χ2v) is 5.01. The van der Waals surface area contributed by atoms with Gasteiger partial charge in [0.2, 0.25) is 5.75 Å². The number of nitrogens with one attached hydrogen (secondary N) is 2. The van der Waals surface area contributed by atoms with Gasteiger partial charge in [0.25, 0.3) is 11.5 Å². The summed E-state index contributed by atoms with van der Waals surface area (Å²) in [4.78, 5) is 29.7. The Kier molecular flexibility index (Phi) is 3.89. The smallest absolute Gasteiger partial charge is 0.294 e. The second kappa shape index (κ2) is 5.46. The van der Waals surface area contributed by atoms with E-state index < -0.39 is 17.2 Å². The van der Waals surface area contributed by atoms with Gasteiger partial charge >= 0.3 is 0 Å². The van der Waals surface area contributed by atoms with E-state index in [0.29, 0.717) is 5.56 Å². The van der Waals surface area contributed by atoms with Crippen LogP contribution in [0.2, 0.25) is 0 Å². The Labute approximate surface area is 123 Å². The summed E-state index contributed by atoms with van der Waals surface area (Å²) >= 11 is 3.39. The lowest BCUT2D eigenvalue weighted by Gasteiger charge is -2.07. The molecule has 2 aromatic rings. The number of H-pyrrole nitrogens is 1. The highest BCUT2D eigenvalue weighted by molar-refractivity contribution is 9.10. The zero-order chi connectivity index (χ0) is 14.9. The maximum Gasteiger partial charge on any atom is 0.294 e. The highest BCUT2D eigenvalue weighted by atomic mass is 79.9. The van der Waals surface area contributed by atoms with E-state index in [1.54, 1.807) is 12.1 Å². The van der Waals surface area contributed by atoms with Crippen LogP contribution in [0.15, 0.2) is 27.5 Å². The van der Waals surface area contributed by atoms with Crippen molar-refractivity contribution in [1.82, 2.24) is 15.3 Å². The van der Waals surface area contributed by atoms with Crippen molar-refractivity contribution < 1.29 is 9.90 Å². The van der Waals surface area contributed by atoms with Crippen LogP contribution in [0.3, 0.4) is 0 Å². The monoisotopic (exact) mass is 337 g/mol. The quantitative estimate of drug-likeness (QED) is 0.775. The summed E-state index contributed by atoms with van der Waals surface area (Å²) < 4.78 is 0.854. The summed E-state index contributed by atoms with van der Waals surface area (Å²) in [7, 11) is 1.40. The number of aryl methyl sites for hydroxylation is 1. The molecule has 0 saturated heterocycles. The molecule has 0 fully saturated rings. The Bertz CT molecular complexity index is 740. The van der Waals surface area contributed by atoms with Crippen LogP contribution < -0.4 is 10.9 Å². The summed E-state index contributed by atoms with van der Waals surface area (Å²) in [5, 5.41) is 11.9. The van der Waals surface area contributed by atoms with Crippen LogP contribution in [0, 0.1) is 6.92 Å². The van der Waals surface area contributed by atoms with Gasteiger partial charge in [-0.15, -0.1) is 0 Å². The Morgan fingerprint density at radius 3 is 2.75 bits per heavy atom. The van der Waals surface area contributed by atoms with Gasteiger partial charge in [-0.1, -0.05) is 28.1 Å². The number of hydrogen-bond acceptors (Lipinski definition) is 4. The van der Waals surface area contributed by atoms with E-state index in [1.165, 1.54) is 7.05 Å². The standard InChI is InChI=1S/C13H12BrN3O3/c1-6-3-4-7(5-8(6)14)11-16-9(12(19)15-2)10(18)13(20)17-11/h3-5,18H,1-2H3,(H,15,19)(H,16,17,20). The summed E-state index contributed by atoms with van der Waals surface area (Å²) in [5.41, 5.74) is 0.597. The molecule has 0 aliphatic heterocycles. The van der Waals surface area contributed by atoms with Crippen molar-refractivity contribution in [2.75, 3.05) is 7.05 Å². The third kappa shape index (κ3) is 2.57. The maximum absolute atomic E-state index is 11.7. The van der Waals surface area contributed by atoms with Gasteiger partial charge in [-0.25, -0.2) is 4.98 Å². The van der Waals surface area contributed by atoms with Gasteiger partial charge in [0, 0.05) is 17.1 Å². The molecule has 0 radical (unpaired) electrons. The highest BCUT2D eigenvalue weighted by Crippen LogP contribution is 2.23. The molecule has 0 spiro atoms. The molecule has 0 atom stereocenters. The summed E-state index contributed by atoms with van der Waals surface area (Å²) in [6.45, 7) is 1.93. The lowest BCUT2D eigenvalue weighted by atomic mass is 10.1. The van der Waals surface area contributed by atoms with Crippen molar-refractivity contribution in [1.29, 1.82) is 0 Å². The van der Waals surface area contributed by atoms with Gasteiger partial charge in [0.1, 0.15) is 5.82 Å². The topological polar surface area (TPSA) is 95.1 Å². The van der Waals surface area contributed by atoms with Crippen LogP contribution in [0.1, 0.15) is 16.1 Å². The fourth-order valence-electron chi connectivity index (χ4n) is 1.62. The van der Waals surface area contributed by atoms with E-state index in [0.717, 1.165) is 10.0 Å². The van der Waals surface area contributed by atoms with E-state index in [9.17, 15) is 14.7 Å². The molecule has 3 N–H and O–H groups in total. The number of amides is 1. The average Bonchev–Trinajstić information content (AvgIpc) is 2.44. The van der Waals surface area contributed by atoms with Gasteiger partial charge in [0.05, 0.1) is 0 Å². The maximum atomic E-state index is 11.7. The number of halogens is 1. The molecule has 0 aliphatic rings.